The third-order valence-electron chi connectivity index (χ3n) is 5.67. The zero-order chi connectivity index (χ0) is 20.1. The quantitative estimate of drug-likeness (QED) is 0.649. The number of aromatic nitrogens is 2. The second-order valence-electron chi connectivity index (χ2n) is 8.11. The Kier molecular flexibility index (Phi) is 7.10. The maximum Gasteiger partial charge on any atom is 0.162 e. The van der Waals surface area contributed by atoms with Gasteiger partial charge in [-0.25, -0.2) is 14.4 Å². The van der Waals surface area contributed by atoms with E-state index in [-0.39, 0.29) is 30.3 Å². The highest BCUT2D eigenvalue weighted by atomic mass is 19.1. The van der Waals surface area contributed by atoms with Gasteiger partial charge in [-0.05, 0) is 55.8 Å². The van der Waals surface area contributed by atoms with E-state index in [0.717, 1.165) is 18.7 Å². The van der Waals surface area contributed by atoms with E-state index in [1.54, 1.807) is 24.4 Å². The molecule has 1 fully saturated rings. The van der Waals surface area contributed by atoms with Gasteiger partial charge in [-0.1, -0.05) is 26.0 Å². The van der Waals surface area contributed by atoms with E-state index in [1.165, 1.54) is 6.07 Å². The Labute approximate surface area is 166 Å². The van der Waals surface area contributed by atoms with Crippen molar-refractivity contribution < 1.29 is 14.6 Å². The van der Waals surface area contributed by atoms with Gasteiger partial charge in [0.1, 0.15) is 5.82 Å². The molecule has 0 bridgehead atoms. The molecule has 4 atom stereocenters. The highest BCUT2D eigenvalue weighted by Crippen LogP contribution is 2.35. The van der Waals surface area contributed by atoms with Crippen LogP contribution in [0.25, 0.3) is 11.4 Å². The Morgan fingerprint density at radius 2 is 2.00 bits per heavy atom. The molecule has 0 amide bonds. The molecule has 1 heterocycles. The predicted molar refractivity (Wildman–Crippen MR) is 107 cm³/mol. The fourth-order valence-corrected chi connectivity index (χ4v) is 4.06. The number of aliphatic hydroxyl groups is 2. The summed E-state index contributed by atoms with van der Waals surface area (Å²) in [6, 6.07) is 8.42. The van der Waals surface area contributed by atoms with Gasteiger partial charge in [0.25, 0.3) is 0 Å². The molecule has 152 valence electrons. The van der Waals surface area contributed by atoms with Gasteiger partial charge < -0.3 is 15.5 Å². The summed E-state index contributed by atoms with van der Waals surface area (Å²) in [7, 11) is 0. The summed E-state index contributed by atoms with van der Waals surface area (Å²) in [5, 5.41) is 23.8. The summed E-state index contributed by atoms with van der Waals surface area (Å²) < 4.78 is 14.1. The third-order valence-corrected chi connectivity index (χ3v) is 5.67. The monoisotopic (exact) mass is 387 g/mol. The lowest BCUT2D eigenvalue weighted by atomic mass is 9.88. The highest BCUT2D eigenvalue weighted by Gasteiger charge is 2.41. The van der Waals surface area contributed by atoms with Crippen LogP contribution in [-0.2, 0) is 6.42 Å². The van der Waals surface area contributed by atoms with Crippen LogP contribution >= 0.6 is 0 Å². The number of nitrogens with one attached hydrogen (secondary N) is 1. The molecule has 1 aliphatic carbocycles. The molecule has 1 aromatic heterocycles. The number of hydrogen-bond acceptors (Lipinski definition) is 5. The van der Waals surface area contributed by atoms with E-state index in [0.29, 0.717) is 30.1 Å². The molecule has 4 unspecified atom stereocenters. The van der Waals surface area contributed by atoms with Crippen molar-refractivity contribution in [2.45, 2.75) is 45.3 Å². The minimum Gasteiger partial charge on any atom is -0.396 e. The van der Waals surface area contributed by atoms with Crippen molar-refractivity contribution in [1.29, 1.82) is 0 Å². The molecule has 3 N–H and O–H groups in total. The molecule has 1 aromatic carbocycles. The Morgan fingerprint density at radius 1 is 1.21 bits per heavy atom. The lowest BCUT2D eigenvalue weighted by molar-refractivity contribution is 0.0716. The first kappa shape index (κ1) is 20.8. The van der Waals surface area contributed by atoms with Gasteiger partial charge in [-0.15, -0.1) is 0 Å². The molecule has 28 heavy (non-hydrogen) atoms. The van der Waals surface area contributed by atoms with Crippen molar-refractivity contribution >= 4 is 0 Å². The molecule has 2 aromatic rings. The molecule has 1 aliphatic rings. The number of hydrogen-bond donors (Lipinski definition) is 3. The number of nitrogens with zero attached hydrogens (tertiary/aromatic N) is 2. The maximum atomic E-state index is 14.1. The fourth-order valence-electron chi connectivity index (χ4n) is 4.06. The topological polar surface area (TPSA) is 78.3 Å². The van der Waals surface area contributed by atoms with Crippen LogP contribution in [0.4, 0.5) is 4.39 Å². The molecular formula is C22H30FN3O2. The van der Waals surface area contributed by atoms with Gasteiger partial charge in [-0.2, -0.15) is 0 Å². The molecule has 0 spiro atoms. The van der Waals surface area contributed by atoms with E-state index in [9.17, 15) is 14.6 Å². The minimum atomic E-state index is -0.528. The zero-order valence-electron chi connectivity index (χ0n) is 16.6. The van der Waals surface area contributed by atoms with Crippen LogP contribution in [0.2, 0.25) is 0 Å². The Balaban J connectivity index is 1.77. The van der Waals surface area contributed by atoms with E-state index in [4.69, 9.17) is 0 Å². The van der Waals surface area contributed by atoms with Crippen LogP contribution in [0.3, 0.4) is 0 Å². The Bertz CT molecular complexity index is 771. The minimum absolute atomic E-state index is 0.0561. The van der Waals surface area contributed by atoms with E-state index in [2.05, 4.69) is 29.1 Å². The molecule has 3 rings (SSSR count). The second-order valence-corrected chi connectivity index (χ2v) is 8.11. The molecule has 0 radical (unpaired) electrons. The molecule has 0 saturated heterocycles. The molecule has 1 saturated carbocycles. The zero-order valence-corrected chi connectivity index (χ0v) is 16.6. The van der Waals surface area contributed by atoms with Crippen LogP contribution < -0.4 is 5.32 Å². The average molecular weight is 387 g/mol. The van der Waals surface area contributed by atoms with Crippen molar-refractivity contribution in [3.8, 4) is 11.4 Å². The number of aliphatic hydroxyl groups excluding tert-OH is 2. The third kappa shape index (κ3) is 4.93. The lowest BCUT2D eigenvalue weighted by Gasteiger charge is -2.25. The standard InChI is InChI=1S/C22H30FN3O2/c1-14(2)7-9-24-20-12-21(28)18(13-27)17(20)11-15-8-10-25-22(26-15)16-5-3-4-6-19(16)23/h3-6,8,10,14,17-18,20-21,24,27-28H,7,9,11-13H2,1-2H3. The average Bonchev–Trinajstić information content (AvgIpc) is 2.96. The first-order chi connectivity index (χ1) is 13.5. The van der Waals surface area contributed by atoms with E-state index in [1.807, 2.05) is 6.07 Å². The summed E-state index contributed by atoms with van der Waals surface area (Å²) in [5.41, 5.74) is 1.17. The molecule has 0 aliphatic heterocycles. The summed E-state index contributed by atoms with van der Waals surface area (Å²) in [6.07, 6.45) is 3.41. The van der Waals surface area contributed by atoms with Gasteiger partial charge >= 0.3 is 0 Å². The Morgan fingerprint density at radius 3 is 2.71 bits per heavy atom. The number of rotatable bonds is 8. The SMILES string of the molecule is CC(C)CCNC1CC(O)C(CO)C1Cc1ccnc(-c2ccccc2F)n1. The summed E-state index contributed by atoms with van der Waals surface area (Å²) in [5.74, 6) is 0.492. The van der Waals surface area contributed by atoms with Crippen LogP contribution in [0.15, 0.2) is 36.5 Å². The van der Waals surface area contributed by atoms with Gasteiger partial charge in [0.2, 0.25) is 0 Å². The predicted octanol–water partition coefficient (Wildman–Crippen LogP) is 2.82. The summed E-state index contributed by atoms with van der Waals surface area (Å²) in [4.78, 5) is 8.78. The van der Waals surface area contributed by atoms with E-state index < -0.39 is 6.10 Å². The largest absolute Gasteiger partial charge is 0.396 e. The van der Waals surface area contributed by atoms with E-state index >= 15 is 0 Å². The lowest BCUT2D eigenvalue weighted by Crippen LogP contribution is -2.37. The van der Waals surface area contributed by atoms with Gasteiger partial charge in [0, 0.05) is 30.5 Å². The van der Waals surface area contributed by atoms with Gasteiger partial charge in [0.15, 0.2) is 5.82 Å². The maximum absolute atomic E-state index is 14.1. The normalized spacial score (nSPS) is 24.8. The van der Waals surface area contributed by atoms with Crippen LogP contribution in [0.1, 0.15) is 32.4 Å². The van der Waals surface area contributed by atoms with Crippen molar-refractivity contribution in [3.63, 3.8) is 0 Å². The van der Waals surface area contributed by atoms with Crippen molar-refractivity contribution in [2.24, 2.45) is 17.8 Å². The van der Waals surface area contributed by atoms with Crippen LogP contribution in [0.5, 0.6) is 0 Å². The first-order valence-electron chi connectivity index (χ1n) is 10.1. The highest BCUT2D eigenvalue weighted by molar-refractivity contribution is 5.55. The van der Waals surface area contributed by atoms with Gasteiger partial charge in [0.05, 0.1) is 11.7 Å². The smallest absolute Gasteiger partial charge is 0.162 e. The molecular weight excluding hydrogens is 357 g/mol. The van der Waals surface area contributed by atoms with Crippen LogP contribution in [-0.4, -0.2) is 45.5 Å². The first-order valence-corrected chi connectivity index (χ1v) is 10.1. The second kappa shape index (κ2) is 9.54. The van der Waals surface area contributed by atoms with Crippen molar-refractivity contribution in [3.05, 3.63) is 48.0 Å². The van der Waals surface area contributed by atoms with Crippen molar-refractivity contribution in [2.75, 3.05) is 13.2 Å². The van der Waals surface area contributed by atoms with Crippen molar-refractivity contribution in [1.82, 2.24) is 15.3 Å². The summed E-state index contributed by atoms with van der Waals surface area (Å²) in [6.45, 7) is 5.20. The fraction of sp³-hybridized carbons (Fsp3) is 0.545. The number of benzene rings is 1. The Hall–Kier alpha value is -1.89. The summed E-state index contributed by atoms with van der Waals surface area (Å²) >= 11 is 0. The molecule has 6 heteroatoms. The number of halogens is 1. The van der Waals surface area contributed by atoms with Gasteiger partial charge in [-0.3, -0.25) is 0 Å². The van der Waals surface area contributed by atoms with Crippen LogP contribution in [0, 0.1) is 23.6 Å². The molecule has 5 nitrogen and oxygen atoms in total.